The molecule has 1 atom stereocenters. The van der Waals surface area contributed by atoms with Gasteiger partial charge in [0, 0.05) is 17.7 Å². The van der Waals surface area contributed by atoms with Crippen molar-refractivity contribution in [2.24, 2.45) is 5.10 Å². The molecule has 4 aromatic rings. The van der Waals surface area contributed by atoms with Crippen LogP contribution in [0.15, 0.2) is 90.0 Å². The first kappa shape index (κ1) is 21.2. The lowest BCUT2D eigenvalue weighted by Crippen LogP contribution is -2.42. The molecular formula is C29H25N3O3. The molecule has 6 rings (SSSR count). The van der Waals surface area contributed by atoms with E-state index in [4.69, 9.17) is 14.6 Å². The van der Waals surface area contributed by atoms with Crippen molar-refractivity contribution in [1.82, 2.24) is 4.90 Å². The number of carbonyl (C=O) groups excluding carboxylic acids is 1. The van der Waals surface area contributed by atoms with Gasteiger partial charge in [-0.25, -0.2) is 5.01 Å². The second kappa shape index (κ2) is 8.47. The third-order valence-corrected chi connectivity index (χ3v) is 6.78. The topological polar surface area (TPSA) is 54.4 Å². The minimum Gasteiger partial charge on any atom is -0.493 e. The molecule has 0 spiro atoms. The second-order valence-corrected chi connectivity index (χ2v) is 8.72. The van der Waals surface area contributed by atoms with E-state index >= 15 is 0 Å². The van der Waals surface area contributed by atoms with Crippen LogP contribution >= 0.6 is 0 Å². The summed E-state index contributed by atoms with van der Waals surface area (Å²) >= 11 is 0. The monoisotopic (exact) mass is 463 g/mol. The van der Waals surface area contributed by atoms with Crippen molar-refractivity contribution in [1.29, 1.82) is 0 Å². The molecule has 2 aliphatic heterocycles. The van der Waals surface area contributed by atoms with E-state index in [1.54, 1.807) is 14.2 Å². The number of hydrogen-bond donors (Lipinski definition) is 0. The van der Waals surface area contributed by atoms with Crippen LogP contribution in [0.2, 0.25) is 0 Å². The number of hydrazone groups is 1. The number of carbonyl (C=O) groups is 1. The molecule has 0 N–H and O–H groups in total. The molecule has 6 heteroatoms. The number of ether oxygens (including phenoxy) is 2. The lowest BCUT2D eigenvalue weighted by atomic mass is 9.94. The van der Waals surface area contributed by atoms with Gasteiger partial charge < -0.3 is 14.4 Å². The summed E-state index contributed by atoms with van der Waals surface area (Å²) in [7, 11) is 3.29. The van der Waals surface area contributed by atoms with Gasteiger partial charge in [0.05, 0.1) is 19.9 Å². The molecular weight excluding hydrogens is 438 g/mol. The smallest absolute Gasteiger partial charge is 0.230 e. The van der Waals surface area contributed by atoms with Crippen LogP contribution in [-0.4, -0.2) is 37.3 Å². The maximum atomic E-state index is 13.8. The molecule has 6 nitrogen and oxygen atoms in total. The number of Topliss-reactive ketones (excluding diaryl/α,β-unsaturated/α-hetero) is 1. The molecule has 2 heterocycles. The summed E-state index contributed by atoms with van der Waals surface area (Å²) in [6, 6.07) is 27.9. The Hall–Kier alpha value is -4.32. The molecule has 0 aliphatic carbocycles. The van der Waals surface area contributed by atoms with E-state index in [0.717, 1.165) is 28.4 Å². The number of fused-ring (bicyclic) bond motifs is 4. The van der Waals surface area contributed by atoms with Crippen LogP contribution < -0.4 is 14.5 Å². The van der Waals surface area contributed by atoms with Crippen molar-refractivity contribution < 1.29 is 14.3 Å². The highest BCUT2D eigenvalue weighted by Crippen LogP contribution is 2.44. The third kappa shape index (κ3) is 3.49. The van der Waals surface area contributed by atoms with Crippen LogP contribution in [0.5, 0.6) is 11.5 Å². The van der Waals surface area contributed by atoms with Crippen molar-refractivity contribution in [2.45, 2.75) is 12.6 Å². The zero-order valence-electron chi connectivity index (χ0n) is 19.6. The molecule has 0 amide bonds. The highest BCUT2D eigenvalue weighted by Gasteiger charge is 2.43. The lowest BCUT2D eigenvalue weighted by molar-refractivity contribution is 0.104. The van der Waals surface area contributed by atoms with E-state index in [2.05, 4.69) is 4.90 Å². The van der Waals surface area contributed by atoms with Gasteiger partial charge in [-0.3, -0.25) is 4.79 Å². The molecule has 0 fully saturated rings. The minimum atomic E-state index is -0.250. The van der Waals surface area contributed by atoms with Crippen molar-refractivity contribution in [2.75, 3.05) is 25.8 Å². The second-order valence-electron chi connectivity index (χ2n) is 8.72. The van der Waals surface area contributed by atoms with E-state index in [9.17, 15) is 4.79 Å². The Balaban J connectivity index is 1.46. The van der Waals surface area contributed by atoms with Crippen molar-refractivity contribution in [3.63, 3.8) is 0 Å². The normalized spacial score (nSPS) is 16.5. The maximum Gasteiger partial charge on any atom is 0.230 e. The third-order valence-electron chi connectivity index (χ3n) is 6.78. The fourth-order valence-corrected chi connectivity index (χ4v) is 5.04. The number of ketones is 1. The summed E-state index contributed by atoms with van der Waals surface area (Å²) in [5.74, 6) is 1.74. The first-order valence-electron chi connectivity index (χ1n) is 11.7. The van der Waals surface area contributed by atoms with Crippen LogP contribution in [0.25, 0.3) is 10.8 Å². The summed E-state index contributed by atoms with van der Waals surface area (Å²) in [6.07, 6.45) is 0.527. The predicted octanol–water partition coefficient (Wildman–Crippen LogP) is 5.43. The first-order valence-corrected chi connectivity index (χ1v) is 11.7. The van der Waals surface area contributed by atoms with Gasteiger partial charge in [-0.1, -0.05) is 54.6 Å². The van der Waals surface area contributed by atoms with E-state index < -0.39 is 0 Å². The van der Waals surface area contributed by atoms with Gasteiger partial charge in [-0.2, -0.15) is 0 Å². The van der Waals surface area contributed by atoms with Gasteiger partial charge in [-0.15, -0.1) is 5.10 Å². The zero-order valence-corrected chi connectivity index (χ0v) is 19.6. The Kier molecular flexibility index (Phi) is 5.14. The largest absolute Gasteiger partial charge is 0.493 e. The van der Waals surface area contributed by atoms with E-state index in [0.29, 0.717) is 29.4 Å². The predicted molar refractivity (Wildman–Crippen MR) is 137 cm³/mol. The Morgan fingerprint density at radius 3 is 2.34 bits per heavy atom. The van der Waals surface area contributed by atoms with Crippen LogP contribution in [-0.2, 0) is 6.42 Å². The number of methoxy groups -OCH3 is 2. The highest BCUT2D eigenvalue weighted by atomic mass is 16.5. The summed E-state index contributed by atoms with van der Waals surface area (Å²) in [6.45, 7) is 0.675. The van der Waals surface area contributed by atoms with Gasteiger partial charge >= 0.3 is 0 Å². The Morgan fingerprint density at radius 2 is 1.57 bits per heavy atom. The number of rotatable bonds is 5. The molecule has 35 heavy (non-hydrogen) atoms. The van der Waals surface area contributed by atoms with Gasteiger partial charge in [0.2, 0.25) is 5.78 Å². The molecule has 174 valence electrons. The van der Waals surface area contributed by atoms with E-state index in [1.165, 1.54) is 5.56 Å². The molecule has 0 saturated heterocycles. The fourth-order valence-electron chi connectivity index (χ4n) is 5.04. The van der Waals surface area contributed by atoms with E-state index in [-0.39, 0.29) is 11.9 Å². The molecule has 2 aliphatic rings. The number of anilines is 1. The minimum absolute atomic E-state index is 0.0805. The van der Waals surface area contributed by atoms with Crippen molar-refractivity contribution >= 4 is 28.1 Å². The van der Waals surface area contributed by atoms with Crippen LogP contribution in [0.4, 0.5) is 5.69 Å². The Labute approximate surface area is 204 Å². The zero-order chi connectivity index (χ0) is 23.9. The van der Waals surface area contributed by atoms with E-state index in [1.807, 2.05) is 89.9 Å². The number of nitrogens with zero attached hydrogens (tertiary/aromatic N) is 3. The van der Waals surface area contributed by atoms with Crippen LogP contribution in [0.1, 0.15) is 27.7 Å². The molecule has 0 aromatic heterocycles. The quantitative estimate of drug-likeness (QED) is 0.370. The summed E-state index contributed by atoms with van der Waals surface area (Å²) in [5.41, 5.74) is 3.78. The molecule has 0 bridgehead atoms. The van der Waals surface area contributed by atoms with Gasteiger partial charge in [0.1, 0.15) is 0 Å². The summed E-state index contributed by atoms with van der Waals surface area (Å²) in [5, 5.41) is 9.00. The first-order chi connectivity index (χ1) is 17.2. The van der Waals surface area contributed by atoms with Crippen LogP contribution in [0, 0.1) is 0 Å². The molecule has 4 aromatic carbocycles. The molecule has 0 radical (unpaired) electrons. The summed E-state index contributed by atoms with van der Waals surface area (Å²) < 4.78 is 11.2. The average molecular weight is 464 g/mol. The number of benzene rings is 4. The maximum absolute atomic E-state index is 13.8. The Morgan fingerprint density at radius 1 is 0.857 bits per heavy atom. The van der Waals surface area contributed by atoms with Gasteiger partial charge in [0.25, 0.3) is 0 Å². The van der Waals surface area contributed by atoms with Crippen molar-refractivity contribution in [3.8, 4) is 11.5 Å². The Bertz CT molecular complexity index is 1470. The highest BCUT2D eigenvalue weighted by molar-refractivity contribution is 6.46. The summed E-state index contributed by atoms with van der Waals surface area (Å²) in [4.78, 5) is 15.9. The number of amidine groups is 1. The molecule has 1 unspecified atom stereocenters. The standard InChI is InChI=1S/C29H25N3O3/c1-34-25-17-21-14-15-31-28(27(33)22-13-12-19-8-6-7-9-20(19)16-22)30-32(23-10-4-3-5-11-23)29(31)24(21)18-26(25)35-2/h3-13,16-18,29H,14-15H2,1-2H3. The molecule has 0 saturated carbocycles. The van der Waals surface area contributed by atoms with Gasteiger partial charge in [-0.05, 0) is 53.1 Å². The van der Waals surface area contributed by atoms with Gasteiger partial charge in [0.15, 0.2) is 23.5 Å². The number of para-hydroxylation sites is 1. The number of hydrogen-bond acceptors (Lipinski definition) is 6. The van der Waals surface area contributed by atoms with Crippen molar-refractivity contribution in [3.05, 3.63) is 102 Å². The van der Waals surface area contributed by atoms with Crippen LogP contribution in [0.3, 0.4) is 0 Å². The SMILES string of the molecule is COc1cc2c(cc1OC)C1N(CC2)C(C(=O)c2ccc3ccccc3c2)=NN1c1ccccc1. The fraction of sp³-hybridized carbons (Fsp3) is 0.172. The average Bonchev–Trinajstić information content (AvgIpc) is 3.32. The lowest BCUT2D eigenvalue weighted by Gasteiger charge is -2.37.